The van der Waals surface area contributed by atoms with Gasteiger partial charge in [-0.2, -0.15) is 0 Å². The minimum Gasteiger partial charge on any atom is -0.497 e. The maximum absolute atomic E-state index is 12.2. The van der Waals surface area contributed by atoms with Gasteiger partial charge in [-0.15, -0.1) is 0 Å². The van der Waals surface area contributed by atoms with Crippen molar-refractivity contribution in [2.75, 3.05) is 65.1 Å². The Kier molecular flexibility index (Phi) is 10.7. The normalized spacial score (nSPS) is 20.9. The van der Waals surface area contributed by atoms with E-state index >= 15 is 0 Å². The molecule has 1 saturated heterocycles. The molecule has 2 heterocycles. The predicted octanol–water partition coefficient (Wildman–Crippen LogP) is 3.74. The van der Waals surface area contributed by atoms with Gasteiger partial charge >= 0.3 is 0 Å². The van der Waals surface area contributed by atoms with Crippen molar-refractivity contribution >= 4 is 11.6 Å². The number of hydrogen-bond acceptors (Lipinski definition) is 7. The lowest BCUT2D eigenvalue weighted by Gasteiger charge is -2.39. The van der Waals surface area contributed by atoms with E-state index in [0.29, 0.717) is 26.2 Å². The van der Waals surface area contributed by atoms with E-state index in [1.54, 1.807) is 14.2 Å². The third-order valence-electron chi connectivity index (χ3n) is 7.42. The summed E-state index contributed by atoms with van der Waals surface area (Å²) in [4.78, 5) is 14.6. The van der Waals surface area contributed by atoms with E-state index in [1.165, 1.54) is 5.56 Å². The molecule has 0 spiro atoms. The van der Waals surface area contributed by atoms with Crippen molar-refractivity contribution in [2.45, 2.75) is 44.8 Å². The van der Waals surface area contributed by atoms with Crippen molar-refractivity contribution in [3.8, 4) is 11.5 Å². The quantitative estimate of drug-likeness (QED) is 0.386. The Morgan fingerprint density at radius 3 is 2.76 bits per heavy atom. The molecule has 2 aliphatic rings. The zero-order chi connectivity index (χ0) is 26.7. The van der Waals surface area contributed by atoms with Crippen LogP contribution in [0.15, 0.2) is 42.5 Å². The number of methoxy groups -OCH3 is 2. The number of benzene rings is 2. The number of amides is 1. The van der Waals surface area contributed by atoms with Crippen LogP contribution < -0.4 is 25.0 Å². The average Bonchev–Trinajstić information content (AvgIpc) is 2.95. The standard InChI is InChI=1S/C30H43N3O5/c1-4-6-29(34)32-19-24-18-31-20-28(30(24)23-8-10-25(36-3)11-9-23)38-21-22-7-12-27-26(17-22)33(14-16-37-27)13-5-15-35-2/h7-12,17,24,28,30-31H,4-6,13-16,18-21H2,1-3H3,(H,32,34)/t24-,28-,30-/m0/s1. The number of ether oxygens (including phenoxy) is 4. The van der Waals surface area contributed by atoms with Gasteiger partial charge in [0.2, 0.25) is 5.91 Å². The van der Waals surface area contributed by atoms with Gasteiger partial charge in [0.25, 0.3) is 0 Å². The maximum Gasteiger partial charge on any atom is 0.219 e. The minimum atomic E-state index is -0.0321. The van der Waals surface area contributed by atoms with Crippen LogP contribution in [0, 0.1) is 5.92 Å². The first-order valence-corrected chi connectivity index (χ1v) is 13.9. The Labute approximate surface area is 227 Å². The van der Waals surface area contributed by atoms with Crippen LogP contribution in [-0.4, -0.2) is 72.2 Å². The summed E-state index contributed by atoms with van der Waals surface area (Å²) in [5.74, 6) is 2.23. The van der Waals surface area contributed by atoms with E-state index in [4.69, 9.17) is 18.9 Å². The van der Waals surface area contributed by atoms with Crippen LogP contribution >= 0.6 is 0 Å². The first-order chi connectivity index (χ1) is 18.6. The summed E-state index contributed by atoms with van der Waals surface area (Å²) in [6.45, 7) is 7.99. The molecule has 3 atom stereocenters. The van der Waals surface area contributed by atoms with E-state index in [-0.39, 0.29) is 23.8 Å². The third kappa shape index (κ3) is 7.40. The van der Waals surface area contributed by atoms with E-state index in [1.807, 2.05) is 19.1 Å². The molecule has 2 aromatic carbocycles. The fourth-order valence-corrected chi connectivity index (χ4v) is 5.45. The second kappa shape index (κ2) is 14.4. The zero-order valence-electron chi connectivity index (χ0n) is 23.0. The minimum absolute atomic E-state index is 0.0321. The molecule has 0 bridgehead atoms. The third-order valence-corrected chi connectivity index (χ3v) is 7.42. The van der Waals surface area contributed by atoms with E-state index in [0.717, 1.165) is 68.4 Å². The molecule has 2 aliphatic heterocycles. The molecule has 4 rings (SSSR count). The number of anilines is 1. The number of nitrogens with zero attached hydrogens (tertiary/aromatic N) is 1. The second-order valence-corrected chi connectivity index (χ2v) is 10.1. The monoisotopic (exact) mass is 525 g/mol. The Bertz CT molecular complexity index is 1020. The summed E-state index contributed by atoms with van der Waals surface area (Å²) in [5, 5.41) is 6.69. The van der Waals surface area contributed by atoms with Crippen molar-refractivity contribution in [3.63, 3.8) is 0 Å². The molecule has 0 aromatic heterocycles. The molecular formula is C30H43N3O5. The Balaban J connectivity index is 1.48. The highest BCUT2D eigenvalue weighted by Gasteiger charge is 2.35. The number of carbonyl (C=O) groups is 1. The number of carbonyl (C=O) groups excluding carboxylic acids is 1. The molecule has 0 saturated carbocycles. The van der Waals surface area contributed by atoms with Crippen LogP contribution in [0.25, 0.3) is 0 Å². The van der Waals surface area contributed by atoms with Crippen molar-refractivity contribution in [3.05, 3.63) is 53.6 Å². The summed E-state index contributed by atoms with van der Waals surface area (Å²) < 4.78 is 23.2. The van der Waals surface area contributed by atoms with E-state index in [9.17, 15) is 4.79 Å². The maximum atomic E-state index is 12.2. The zero-order valence-corrected chi connectivity index (χ0v) is 23.0. The van der Waals surface area contributed by atoms with Gasteiger partial charge in [0, 0.05) is 52.2 Å². The topological polar surface area (TPSA) is 81.3 Å². The van der Waals surface area contributed by atoms with Gasteiger partial charge in [-0.05, 0) is 54.2 Å². The largest absolute Gasteiger partial charge is 0.497 e. The molecule has 8 heteroatoms. The van der Waals surface area contributed by atoms with Crippen molar-refractivity contribution in [2.24, 2.45) is 5.92 Å². The smallest absolute Gasteiger partial charge is 0.219 e. The average molecular weight is 526 g/mol. The summed E-state index contributed by atoms with van der Waals surface area (Å²) in [7, 11) is 3.42. The van der Waals surface area contributed by atoms with Crippen LogP contribution in [0.3, 0.4) is 0 Å². The molecule has 1 amide bonds. The Morgan fingerprint density at radius 1 is 1.16 bits per heavy atom. The lowest BCUT2D eigenvalue weighted by molar-refractivity contribution is -0.121. The molecule has 0 radical (unpaired) electrons. The van der Waals surface area contributed by atoms with Gasteiger partial charge < -0.3 is 34.5 Å². The molecule has 8 nitrogen and oxygen atoms in total. The molecule has 38 heavy (non-hydrogen) atoms. The van der Waals surface area contributed by atoms with Gasteiger partial charge in [-0.3, -0.25) is 4.79 Å². The summed E-state index contributed by atoms with van der Waals surface area (Å²) in [6, 6.07) is 14.6. The fourth-order valence-electron chi connectivity index (χ4n) is 5.45. The number of rotatable bonds is 13. The number of piperidine rings is 1. The van der Waals surface area contributed by atoms with Crippen LogP contribution in [0.1, 0.15) is 43.2 Å². The molecular weight excluding hydrogens is 482 g/mol. The van der Waals surface area contributed by atoms with Crippen LogP contribution in [-0.2, 0) is 20.9 Å². The van der Waals surface area contributed by atoms with Gasteiger partial charge in [0.05, 0.1) is 32.1 Å². The first-order valence-electron chi connectivity index (χ1n) is 13.9. The molecule has 0 aliphatic carbocycles. The van der Waals surface area contributed by atoms with E-state index < -0.39 is 0 Å². The van der Waals surface area contributed by atoms with Crippen LogP contribution in [0.2, 0.25) is 0 Å². The van der Waals surface area contributed by atoms with Crippen LogP contribution in [0.4, 0.5) is 5.69 Å². The molecule has 0 unspecified atom stereocenters. The highest BCUT2D eigenvalue weighted by Crippen LogP contribution is 2.35. The fraction of sp³-hybridized carbons (Fsp3) is 0.567. The molecule has 2 aromatic rings. The van der Waals surface area contributed by atoms with Gasteiger partial charge in [-0.25, -0.2) is 0 Å². The Hall–Kier alpha value is -2.81. The number of fused-ring (bicyclic) bond motifs is 1. The highest BCUT2D eigenvalue weighted by atomic mass is 16.5. The van der Waals surface area contributed by atoms with Crippen molar-refractivity contribution < 1.29 is 23.7 Å². The summed E-state index contributed by atoms with van der Waals surface area (Å²) in [5.41, 5.74) is 3.45. The second-order valence-electron chi connectivity index (χ2n) is 10.1. The van der Waals surface area contributed by atoms with Gasteiger partial charge in [-0.1, -0.05) is 25.1 Å². The summed E-state index contributed by atoms with van der Waals surface area (Å²) in [6.07, 6.45) is 2.34. The lowest BCUT2D eigenvalue weighted by atomic mass is 9.79. The lowest BCUT2D eigenvalue weighted by Crippen LogP contribution is -2.50. The van der Waals surface area contributed by atoms with Crippen molar-refractivity contribution in [1.82, 2.24) is 10.6 Å². The van der Waals surface area contributed by atoms with Crippen molar-refractivity contribution in [1.29, 1.82) is 0 Å². The molecule has 2 N–H and O–H groups in total. The van der Waals surface area contributed by atoms with Gasteiger partial charge in [0.15, 0.2) is 0 Å². The number of nitrogens with one attached hydrogen (secondary N) is 2. The highest BCUT2D eigenvalue weighted by molar-refractivity contribution is 5.75. The summed E-state index contributed by atoms with van der Waals surface area (Å²) >= 11 is 0. The number of hydrogen-bond donors (Lipinski definition) is 2. The predicted molar refractivity (Wildman–Crippen MR) is 149 cm³/mol. The molecule has 1 fully saturated rings. The molecule has 208 valence electrons. The first kappa shape index (κ1) is 28.2. The van der Waals surface area contributed by atoms with E-state index in [2.05, 4.69) is 45.9 Å². The SMILES string of the molecule is CCCC(=O)NC[C@@H]1CNC[C@H](OCc2ccc3c(c2)N(CCCOC)CCO3)[C@H]1c1ccc(OC)cc1. The Morgan fingerprint density at radius 2 is 2.00 bits per heavy atom. The van der Waals surface area contributed by atoms with Crippen LogP contribution in [0.5, 0.6) is 11.5 Å². The van der Waals surface area contributed by atoms with Gasteiger partial charge in [0.1, 0.15) is 18.1 Å².